The lowest BCUT2D eigenvalue weighted by atomic mass is 10.3. The first-order chi connectivity index (χ1) is 6.65. The van der Waals surface area contributed by atoms with Gasteiger partial charge in [0.05, 0.1) is 0 Å². The van der Waals surface area contributed by atoms with Crippen LogP contribution in [0.2, 0.25) is 0 Å². The third kappa shape index (κ3) is 5.75. The highest BCUT2D eigenvalue weighted by Gasteiger charge is 2.51. The van der Waals surface area contributed by atoms with Gasteiger partial charge >= 0.3 is 15.4 Å². The maximum absolute atomic E-state index is 12.1. The van der Waals surface area contributed by atoms with E-state index in [4.69, 9.17) is 10.3 Å². The fourth-order valence-electron chi connectivity index (χ4n) is 0.399. The monoisotopic (exact) mass is 249 g/mol. The molecule has 3 N–H and O–H groups in total. The van der Waals surface area contributed by atoms with Gasteiger partial charge in [-0.25, -0.2) is 4.39 Å². The average Bonchev–Trinajstić information content (AvgIpc) is 2.15. The highest BCUT2D eigenvalue weighted by molar-refractivity contribution is 7.86. The quantitative estimate of drug-likeness (QED) is 0.582. The predicted octanol–water partition coefficient (Wildman–Crippen LogP) is 1.35. The predicted molar refractivity (Wildman–Crippen MR) is 50.9 cm³/mol. The summed E-state index contributed by atoms with van der Waals surface area (Å²) < 4.78 is 63.8. The molecule has 0 aliphatic carbocycles. The van der Waals surface area contributed by atoms with Crippen LogP contribution in [-0.2, 0) is 10.1 Å². The van der Waals surface area contributed by atoms with Crippen LogP contribution in [0.1, 0.15) is 13.3 Å². The van der Waals surface area contributed by atoms with E-state index < -0.39 is 28.0 Å². The average molecular weight is 249 g/mol. The molecule has 1 unspecified atom stereocenters. The minimum Gasteiger partial charge on any atom is -0.327 e. The summed E-state index contributed by atoms with van der Waals surface area (Å²) in [5.74, 6) is 0. The van der Waals surface area contributed by atoms with Crippen molar-refractivity contribution in [3.63, 3.8) is 0 Å². The Hall–Kier alpha value is -0.600. The van der Waals surface area contributed by atoms with Gasteiger partial charge in [-0.15, -0.1) is 6.58 Å². The first-order valence-corrected chi connectivity index (χ1v) is 5.39. The van der Waals surface area contributed by atoms with Crippen LogP contribution in [0.15, 0.2) is 12.7 Å². The lowest BCUT2D eigenvalue weighted by molar-refractivity contribution is -0.00388. The van der Waals surface area contributed by atoms with E-state index in [1.807, 2.05) is 0 Å². The number of halogens is 3. The molecular weight excluding hydrogens is 235 g/mol. The molecule has 0 aliphatic heterocycles. The molecule has 0 saturated heterocycles. The Morgan fingerprint density at radius 3 is 2.00 bits per heavy atom. The van der Waals surface area contributed by atoms with Crippen molar-refractivity contribution >= 4 is 10.1 Å². The van der Waals surface area contributed by atoms with Crippen molar-refractivity contribution in [2.75, 3.05) is 6.54 Å². The van der Waals surface area contributed by atoms with E-state index in [1.165, 1.54) is 0 Å². The molecule has 0 heterocycles. The number of rotatable bonds is 4. The number of hydrogen-bond acceptors (Lipinski definition) is 3. The Labute approximate surface area is 86.7 Å². The van der Waals surface area contributed by atoms with Crippen molar-refractivity contribution in [1.82, 2.24) is 0 Å². The summed E-state index contributed by atoms with van der Waals surface area (Å²) in [6.07, 6.45) is -1.88. The molecule has 0 aromatic heterocycles. The highest BCUT2D eigenvalue weighted by Crippen LogP contribution is 2.28. The molecule has 8 heteroatoms. The lowest BCUT2D eigenvalue weighted by Crippen LogP contribution is -2.38. The first kappa shape index (κ1) is 16.8. The molecule has 0 bridgehead atoms. The van der Waals surface area contributed by atoms with Crippen molar-refractivity contribution in [2.45, 2.75) is 24.8 Å². The van der Waals surface area contributed by atoms with E-state index >= 15 is 0 Å². The topological polar surface area (TPSA) is 80.4 Å². The number of alkyl halides is 3. The van der Waals surface area contributed by atoms with Gasteiger partial charge in [-0.05, 0) is 6.42 Å². The normalized spacial score (nSPS) is 13.7. The van der Waals surface area contributed by atoms with E-state index in [0.717, 1.165) is 6.92 Å². The van der Waals surface area contributed by atoms with Gasteiger partial charge in [-0.2, -0.15) is 17.2 Å². The molecule has 0 aliphatic rings. The third-order valence-electron chi connectivity index (χ3n) is 1.23. The fourth-order valence-corrected chi connectivity index (χ4v) is 0.889. The van der Waals surface area contributed by atoms with Crippen LogP contribution in [0, 0.1) is 0 Å². The maximum Gasteiger partial charge on any atom is 0.400 e. The van der Waals surface area contributed by atoms with Gasteiger partial charge in [0.1, 0.15) is 0 Å². The highest BCUT2D eigenvalue weighted by atomic mass is 32.2. The van der Waals surface area contributed by atoms with Crippen molar-refractivity contribution in [3.8, 4) is 0 Å². The minimum atomic E-state index is -5.62. The molecule has 0 amide bonds. The second-order valence-corrected chi connectivity index (χ2v) is 3.93. The Kier molecular flexibility index (Phi) is 7.63. The van der Waals surface area contributed by atoms with E-state index in [2.05, 4.69) is 6.58 Å². The van der Waals surface area contributed by atoms with Crippen molar-refractivity contribution in [2.24, 2.45) is 5.73 Å². The molecule has 1 atom stereocenters. The SMILES string of the molecule is C=CCN.CCC(F)C(F)(F)S(=O)(=O)O. The Bertz CT molecular complexity index is 279. The van der Waals surface area contributed by atoms with E-state index in [0.29, 0.717) is 6.54 Å². The van der Waals surface area contributed by atoms with Crippen molar-refractivity contribution in [1.29, 1.82) is 0 Å². The summed E-state index contributed by atoms with van der Waals surface area (Å²) in [6, 6.07) is 0. The molecule has 0 fully saturated rings. The molecule has 0 aromatic rings. The lowest BCUT2D eigenvalue weighted by Gasteiger charge is -2.15. The molecule has 0 spiro atoms. The van der Waals surface area contributed by atoms with Crippen LogP contribution in [0.4, 0.5) is 13.2 Å². The zero-order valence-electron chi connectivity index (χ0n) is 8.16. The van der Waals surface area contributed by atoms with Gasteiger partial charge in [0.25, 0.3) is 0 Å². The molecule has 4 nitrogen and oxygen atoms in total. The Morgan fingerprint density at radius 2 is 1.93 bits per heavy atom. The summed E-state index contributed by atoms with van der Waals surface area (Å²) in [5, 5.41) is -4.69. The van der Waals surface area contributed by atoms with Gasteiger partial charge in [0.2, 0.25) is 0 Å². The number of nitrogens with two attached hydrogens (primary N) is 1. The summed E-state index contributed by atoms with van der Waals surface area (Å²) in [6.45, 7) is 4.98. The van der Waals surface area contributed by atoms with E-state index in [-0.39, 0.29) is 0 Å². The van der Waals surface area contributed by atoms with Crippen LogP contribution in [0.25, 0.3) is 0 Å². The van der Waals surface area contributed by atoms with Gasteiger partial charge in [0, 0.05) is 6.54 Å². The molecule has 0 saturated carbocycles. The smallest absolute Gasteiger partial charge is 0.327 e. The molecule has 0 radical (unpaired) electrons. The Balaban J connectivity index is 0. The standard InChI is InChI=1S/C4H7F3O3S.C3H7N/c1-2-3(5)4(6,7)11(8,9)10;1-2-3-4/h3H,2H2,1H3,(H,8,9,10);2H,1,3-4H2. The largest absolute Gasteiger partial charge is 0.400 e. The molecule has 0 aromatic carbocycles. The molecule has 0 rings (SSSR count). The van der Waals surface area contributed by atoms with Crippen LogP contribution < -0.4 is 5.73 Å². The summed E-state index contributed by atoms with van der Waals surface area (Å²) in [5.41, 5.74) is 4.91. The zero-order chi connectivity index (χ0) is 12.7. The second-order valence-electron chi connectivity index (χ2n) is 2.44. The van der Waals surface area contributed by atoms with Gasteiger partial charge in [0.15, 0.2) is 6.17 Å². The summed E-state index contributed by atoms with van der Waals surface area (Å²) >= 11 is 0. The van der Waals surface area contributed by atoms with Gasteiger partial charge in [-0.1, -0.05) is 13.0 Å². The first-order valence-electron chi connectivity index (χ1n) is 3.94. The summed E-state index contributed by atoms with van der Waals surface area (Å²) in [7, 11) is -5.62. The third-order valence-corrected chi connectivity index (χ3v) is 2.18. The fraction of sp³-hybridized carbons (Fsp3) is 0.714. The molecule has 15 heavy (non-hydrogen) atoms. The van der Waals surface area contributed by atoms with Crippen LogP contribution in [0.3, 0.4) is 0 Å². The van der Waals surface area contributed by atoms with Gasteiger partial charge < -0.3 is 5.73 Å². The van der Waals surface area contributed by atoms with Crippen LogP contribution in [0.5, 0.6) is 0 Å². The minimum absolute atomic E-state index is 0.583. The van der Waals surface area contributed by atoms with Crippen molar-refractivity contribution in [3.05, 3.63) is 12.7 Å². The van der Waals surface area contributed by atoms with E-state index in [1.54, 1.807) is 6.08 Å². The Morgan fingerprint density at radius 1 is 1.60 bits per heavy atom. The van der Waals surface area contributed by atoms with Gasteiger partial charge in [-0.3, -0.25) is 4.55 Å². The second kappa shape index (κ2) is 6.81. The molecule has 92 valence electrons. The van der Waals surface area contributed by atoms with Crippen LogP contribution in [-0.4, -0.2) is 30.9 Å². The molecular formula is C7H14F3NO3S. The van der Waals surface area contributed by atoms with Crippen molar-refractivity contribution < 1.29 is 26.1 Å². The van der Waals surface area contributed by atoms with E-state index in [9.17, 15) is 21.6 Å². The zero-order valence-corrected chi connectivity index (χ0v) is 8.98. The summed E-state index contributed by atoms with van der Waals surface area (Å²) in [4.78, 5) is 0. The van der Waals surface area contributed by atoms with Crippen LogP contribution >= 0.6 is 0 Å². The maximum atomic E-state index is 12.1. The number of hydrogen-bond donors (Lipinski definition) is 2.